The summed E-state index contributed by atoms with van der Waals surface area (Å²) in [5.41, 5.74) is 0. The SMILES string of the molecule is CCNC(=NCCCCN1CCCCC1C)N1CCN(c2ccccn2)CC1.I. The minimum absolute atomic E-state index is 0. The predicted molar refractivity (Wildman–Crippen MR) is 134 cm³/mol. The van der Waals surface area contributed by atoms with Gasteiger partial charge in [-0.05, 0) is 64.8 Å². The highest BCUT2D eigenvalue weighted by Crippen LogP contribution is 2.17. The van der Waals surface area contributed by atoms with Gasteiger partial charge in [0, 0.05) is 51.5 Å². The third-order valence-corrected chi connectivity index (χ3v) is 5.94. The molecule has 0 radical (unpaired) electrons. The van der Waals surface area contributed by atoms with E-state index in [1.54, 1.807) is 0 Å². The van der Waals surface area contributed by atoms with Gasteiger partial charge in [0.05, 0.1) is 0 Å². The predicted octanol–water partition coefficient (Wildman–Crippen LogP) is 3.44. The monoisotopic (exact) mass is 514 g/mol. The molecule has 1 aromatic rings. The number of guanidine groups is 1. The molecular weight excluding hydrogens is 475 g/mol. The number of nitrogens with zero attached hydrogens (tertiary/aromatic N) is 5. The Bertz CT molecular complexity index is 588. The van der Waals surface area contributed by atoms with Gasteiger partial charge in [0.1, 0.15) is 5.82 Å². The molecule has 2 saturated heterocycles. The number of aliphatic imine (C=N–C) groups is 1. The van der Waals surface area contributed by atoms with E-state index < -0.39 is 0 Å². The van der Waals surface area contributed by atoms with Crippen molar-refractivity contribution >= 4 is 35.8 Å². The average Bonchev–Trinajstić information content (AvgIpc) is 2.75. The lowest BCUT2D eigenvalue weighted by Gasteiger charge is -2.37. The lowest BCUT2D eigenvalue weighted by atomic mass is 10.0. The lowest BCUT2D eigenvalue weighted by Crippen LogP contribution is -2.52. The zero-order valence-corrected chi connectivity index (χ0v) is 20.6. The average molecular weight is 515 g/mol. The Kier molecular flexibility index (Phi) is 11.1. The Morgan fingerprint density at radius 1 is 1.14 bits per heavy atom. The van der Waals surface area contributed by atoms with Crippen molar-refractivity contribution in [3.8, 4) is 0 Å². The molecule has 0 aliphatic carbocycles. The number of unbranched alkanes of at least 4 members (excludes halogenated alkanes) is 1. The number of piperazine rings is 1. The van der Waals surface area contributed by atoms with Crippen molar-refractivity contribution in [2.24, 2.45) is 4.99 Å². The number of aromatic nitrogens is 1. The molecule has 2 fully saturated rings. The van der Waals surface area contributed by atoms with E-state index in [0.717, 1.165) is 57.1 Å². The number of pyridine rings is 1. The van der Waals surface area contributed by atoms with Crippen LogP contribution < -0.4 is 10.2 Å². The fourth-order valence-electron chi connectivity index (χ4n) is 4.22. The Labute approximate surface area is 194 Å². The summed E-state index contributed by atoms with van der Waals surface area (Å²) in [6, 6.07) is 6.90. The summed E-state index contributed by atoms with van der Waals surface area (Å²) < 4.78 is 0. The maximum atomic E-state index is 4.92. The van der Waals surface area contributed by atoms with Crippen LogP contribution in [0.25, 0.3) is 0 Å². The highest BCUT2D eigenvalue weighted by molar-refractivity contribution is 14.0. The first kappa shape index (κ1) is 24.2. The minimum Gasteiger partial charge on any atom is -0.357 e. The van der Waals surface area contributed by atoms with E-state index in [1.807, 2.05) is 12.3 Å². The van der Waals surface area contributed by atoms with E-state index in [1.165, 1.54) is 45.2 Å². The Morgan fingerprint density at radius 2 is 1.97 bits per heavy atom. The summed E-state index contributed by atoms with van der Waals surface area (Å²) in [6.45, 7) is 12.9. The van der Waals surface area contributed by atoms with Crippen LogP contribution in [0.2, 0.25) is 0 Å². The fourth-order valence-corrected chi connectivity index (χ4v) is 4.22. The van der Waals surface area contributed by atoms with Crippen LogP contribution in [-0.4, -0.2) is 79.1 Å². The van der Waals surface area contributed by atoms with Crippen molar-refractivity contribution in [2.45, 2.75) is 52.0 Å². The quantitative estimate of drug-likeness (QED) is 0.262. The molecule has 1 unspecified atom stereocenters. The zero-order chi connectivity index (χ0) is 19.6. The number of likely N-dealkylation sites (tertiary alicyclic amines) is 1. The maximum absolute atomic E-state index is 4.92. The van der Waals surface area contributed by atoms with Gasteiger partial charge in [0.2, 0.25) is 0 Å². The number of rotatable bonds is 7. The fraction of sp³-hybridized carbons (Fsp3) is 0.727. The van der Waals surface area contributed by atoms with Gasteiger partial charge in [-0.1, -0.05) is 12.5 Å². The van der Waals surface area contributed by atoms with E-state index in [9.17, 15) is 0 Å². The topological polar surface area (TPSA) is 47.0 Å². The van der Waals surface area contributed by atoms with Gasteiger partial charge < -0.3 is 20.0 Å². The Hall–Kier alpha value is -1.09. The summed E-state index contributed by atoms with van der Waals surface area (Å²) in [5.74, 6) is 2.16. The van der Waals surface area contributed by atoms with Crippen LogP contribution in [0.4, 0.5) is 5.82 Å². The van der Waals surface area contributed by atoms with Crippen molar-refractivity contribution in [3.63, 3.8) is 0 Å². The molecule has 2 aliphatic rings. The van der Waals surface area contributed by atoms with Crippen LogP contribution in [0.1, 0.15) is 46.0 Å². The molecule has 7 heteroatoms. The minimum atomic E-state index is 0. The molecule has 6 nitrogen and oxygen atoms in total. The van der Waals surface area contributed by atoms with Crippen LogP contribution in [0, 0.1) is 0 Å². The number of anilines is 1. The highest BCUT2D eigenvalue weighted by atomic mass is 127. The molecule has 0 amide bonds. The van der Waals surface area contributed by atoms with Gasteiger partial charge in [-0.2, -0.15) is 0 Å². The normalized spacial score (nSPS) is 21.0. The smallest absolute Gasteiger partial charge is 0.194 e. The van der Waals surface area contributed by atoms with Gasteiger partial charge in [0.15, 0.2) is 5.96 Å². The zero-order valence-electron chi connectivity index (χ0n) is 18.2. The Balaban J connectivity index is 0.00000300. The van der Waals surface area contributed by atoms with E-state index in [0.29, 0.717) is 0 Å². The van der Waals surface area contributed by atoms with Crippen molar-refractivity contribution in [1.82, 2.24) is 20.1 Å². The van der Waals surface area contributed by atoms with Crippen molar-refractivity contribution in [1.29, 1.82) is 0 Å². The van der Waals surface area contributed by atoms with E-state index in [2.05, 4.69) is 51.0 Å². The van der Waals surface area contributed by atoms with Crippen LogP contribution >= 0.6 is 24.0 Å². The largest absolute Gasteiger partial charge is 0.357 e. The summed E-state index contributed by atoms with van der Waals surface area (Å²) >= 11 is 0. The first-order valence-corrected chi connectivity index (χ1v) is 11.2. The van der Waals surface area contributed by atoms with Gasteiger partial charge in [0.25, 0.3) is 0 Å². The molecule has 1 atom stereocenters. The summed E-state index contributed by atoms with van der Waals surface area (Å²) in [4.78, 5) is 16.8. The summed E-state index contributed by atoms with van der Waals surface area (Å²) in [6.07, 6.45) is 8.44. The maximum Gasteiger partial charge on any atom is 0.194 e. The molecule has 2 aliphatic heterocycles. The molecule has 0 spiro atoms. The second kappa shape index (κ2) is 13.3. The molecule has 1 aromatic heterocycles. The van der Waals surface area contributed by atoms with E-state index in [4.69, 9.17) is 4.99 Å². The van der Waals surface area contributed by atoms with Gasteiger partial charge in [-0.15, -0.1) is 24.0 Å². The second-order valence-electron chi connectivity index (χ2n) is 7.99. The number of nitrogens with one attached hydrogen (secondary N) is 1. The second-order valence-corrected chi connectivity index (χ2v) is 7.99. The molecule has 3 rings (SSSR count). The van der Waals surface area contributed by atoms with Gasteiger partial charge >= 0.3 is 0 Å². The van der Waals surface area contributed by atoms with Crippen LogP contribution in [-0.2, 0) is 0 Å². The van der Waals surface area contributed by atoms with Gasteiger partial charge in [-0.3, -0.25) is 4.99 Å². The summed E-state index contributed by atoms with van der Waals surface area (Å²) in [5, 5.41) is 3.49. The lowest BCUT2D eigenvalue weighted by molar-refractivity contribution is 0.158. The first-order chi connectivity index (χ1) is 13.8. The number of hydrogen-bond donors (Lipinski definition) is 1. The van der Waals surface area contributed by atoms with Crippen LogP contribution in [0.15, 0.2) is 29.4 Å². The first-order valence-electron chi connectivity index (χ1n) is 11.2. The highest BCUT2D eigenvalue weighted by Gasteiger charge is 2.20. The van der Waals surface area contributed by atoms with E-state index >= 15 is 0 Å². The van der Waals surface area contributed by atoms with Crippen molar-refractivity contribution < 1.29 is 0 Å². The molecule has 0 aromatic carbocycles. The number of halogens is 1. The van der Waals surface area contributed by atoms with E-state index in [-0.39, 0.29) is 24.0 Å². The third-order valence-electron chi connectivity index (χ3n) is 5.94. The van der Waals surface area contributed by atoms with Crippen molar-refractivity contribution in [2.75, 3.05) is 57.3 Å². The third kappa shape index (κ3) is 7.59. The van der Waals surface area contributed by atoms with Gasteiger partial charge in [-0.25, -0.2) is 4.98 Å². The molecule has 0 saturated carbocycles. The molecule has 0 bridgehead atoms. The molecule has 3 heterocycles. The number of hydrogen-bond acceptors (Lipinski definition) is 4. The molecule has 164 valence electrons. The molecule has 1 N–H and O–H groups in total. The Morgan fingerprint density at radius 3 is 2.66 bits per heavy atom. The van der Waals surface area contributed by atoms with Crippen LogP contribution in [0.5, 0.6) is 0 Å². The number of piperidine rings is 1. The van der Waals surface area contributed by atoms with Crippen LogP contribution in [0.3, 0.4) is 0 Å². The molecular formula is C22H39IN6. The molecule has 29 heavy (non-hydrogen) atoms. The summed E-state index contributed by atoms with van der Waals surface area (Å²) in [7, 11) is 0. The van der Waals surface area contributed by atoms with Crippen molar-refractivity contribution in [3.05, 3.63) is 24.4 Å². The standard InChI is InChI=1S/C22H38N6.HI/c1-3-23-22(25-13-7-9-15-26-14-8-5-10-20(26)2)28-18-16-27(17-19-28)21-11-4-6-12-24-21;/h4,6,11-12,20H,3,5,7-10,13-19H2,1-2H3,(H,23,25);1H.